The van der Waals surface area contributed by atoms with Gasteiger partial charge < -0.3 is 15.8 Å². The highest BCUT2D eigenvalue weighted by Crippen LogP contribution is 2.23. The normalized spacial score (nSPS) is 10.4. The molecule has 0 aliphatic carbocycles. The van der Waals surface area contributed by atoms with Crippen molar-refractivity contribution in [2.75, 3.05) is 24.2 Å². The molecular weight excluding hydrogens is 308 g/mol. The number of thiophene rings is 1. The summed E-state index contributed by atoms with van der Waals surface area (Å²) in [5.74, 6) is -0.357. The van der Waals surface area contributed by atoms with E-state index in [1.165, 1.54) is 4.88 Å². The summed E-state index contributed by atoms with van der Waals surface area (Å²) in [4.78, 5) is 12.8. The number of nitrogens with one attached hydrogen (secondary N) is 1. The molecule has 2 rings (SSSR count). The van der Waals surface area contributed by atoms with E-state index >= 15 is 0 Å². The molecule has 0 unspecified atom stereocenters. The lowest BCUT2D eigenvalue weighted by molar-refractivity contribution is 0.0526. The molecule has 0 saturated heterocycles. The van der Waals surface area contributed by atoms with E-state index in [4.69, 9.17) is 22.1 Å². The van der Waals surface area contributed by atoms with E-state index in [1.807, 2.05) is 12.1 Å². The van der Waals surface area contributed by atoms with E-state index in [0.29, 0.717) is 17.9 Å². The number of nitrogens with two attached hydrogens (primary N) is 1. The van der Waals surface area contributed by atoms with Crippen molar-refractivity contribution in [3.05, 3.63) is 45.1 Å². The number of hydrogen-bond donors (Lipinski definition) is 2. The summed E-state index contributed by atoms with van der Waals surface area (Å²) in [5.41, 5.74) is 7.76. The second-order valence-electron chi connectivity index (χ2n) is 4.41. The SMILES string of the molecule is CCOC(=O)c1ccc(NCCc2ccc(Cl)s2)c(N)c1. The quantitative estimate of drug-likeness (QED) is 0.626. The molecule has 21 heavy (non-hydrogen) atoms. The number of carbonyl (C=O) groups is 1. The van der Waals surface area contributed by atoms with Crippen molar-refractivity contribution in [2.45, 2.75) is 13.3 Å². The minimum absolute atomic E-state index is 0.349. The van der Waals surface area contributed by atoms with Gasteiger partial charge in [0.2, 0.25) is 0 Å². The van der Waals surface area contributed by atoms with Crippen LogP contribution in [-0.2, 0) is 11.2 Å². The molecule has 0 atom stereocenters. The van der Waals surface area contributed by atoms with Gasteiger partial charge in [0, 0.05) is 11.4 Å². The topological polar surface area (TPSA) is 64.3 Å². The summed E-state index contributed by atoms with van der Waals surface area (Å²) in [6.07, 6.45) is 0.871. The third-order valence-corrected chi connectivity index (χ3v) is 4.17. The van der Waals surface area contributed by atoms with Gasteiger partial charge in [-0.3, -0.25) is 0 Å². The first-order chi connectivity index (χ1) is 10.1. The van der Waals surface area contributed by atoms with Crippen molar-refractivity contribution in [1.29, 1.82) is 0 Å². The van der Waals surface area contributed by atoms with Crippen molar-refractivity contribution < 1.29 is 9.53 Å². The molecule has 0 saturated carbocycles. The van der Waals surface area contributed by atoms with Gasteiger partial charge in [0.05, 0.1) is 27.9 Å². The number of nitrogen functional groups attached to an aromatic ring is 1. The third kappa shape index (κ3) is 4.37. The lowest BCUT2D eigenvalue weighted by Crippen LogP contribution is -2.09. The maximum absolute atomic E-state index is 11.6. The zero-order valence-electron chi connectivity index (χ0n) is 11.7. The largest absolute Gasteiger partial charge is 0.462 e. The molecule has 0 bridgehead atoms. The van der Waals surface area contributed by atoms with Gasteiger partial charge >= 0.3 is 5.97 Å². The standard InChI is InChI=1S/C15H17ClN2O2S/c1-2-20-15(19)10-3-5-13(12(17)9-10)18-8-7-11-4-6-14(16)21-11/h3-6,9,18H,2,7-8,17H2,1H3. The molecule has 0 fully saturated rings. The summed E-state index contributed by atoms with van der Waals surface area (Å²) >= 11 is 7.46. The molecule has 1 aromatic carbocycles. The fraction of sp³-hybridized carbons (Fsp3) is 0.267. The Morgan fingerprint density at radius 1 is 1.38 bits per heavy atom. The first kappa shape index (κ1) is 15.7. The van der Waals surface area contributed by atoms with Gasteiger partial charge in [0.25, 0.3) is 0 Å². The minimum Gasteiger partial charge on any atom is -0.462 e. The van der Waals surface area contributed by atoms with Crippen LogP contribution in [0.5, 0.6) is 0 Å². The Kier molecular flexibility index (Phi) is 5.47. The fourth-order valence-electron chi connectivity index (χ4n) is 1.87. The molecular formula is C15H17ClN2O2S. The lowest BCUT2D eigenvalue weighted by atomic mass is 10.1. The molecule has 1 aromatic heterocycles. The van der Waals surface area contributed by atoms with Crippen molar-refractivity contribution in [3.63, 3.8) is 0 Å². The van der Waals surface area contributed by atoms with Crippen LogP contribution >= 0.6 is 22.9 Å². The number of benzene rings is 1. The molecule has 6 heteroatoms. The average Bonchev–Trinajstić information content (AvgIpc) is 2.86. The van der Waals surface area contributed by atoms with Crippen molar-refractivity contribution in [1.82, 2.24) is 0 Å². The summed E-state index contributed by atoms with van der Waals surface area (Å²) in [5, 5.41) is 3.26. The van der Waals surface area contributed by atoms with Gasteiger partial charge in [0.1, 0.15) is 0 Å². The predicted molar refractivity (Wildman–Crippen MR) is 88.3 cm³/mol. The molecule has 3 N–H and O–H groups in total. The molecule has 0 radical (unpaired) electrons. The van der Waals surface area contributed by atoms with E-state index in [2.05, 4.69) is 5.32 Å². The predicted octanol–water partition coefficient (Wildman–Crippen LogP) is 3.82. The molecule has 4 nitrogen and oxygen atoms in total. The van der Waals surface area contributed by atoms with Crippen molar-refractivity contribution in [3.8, 4) is 0 Å². The Balaban J connectivity index is 1.93. The Hall–Kier alpha value is -1.72. The van der Waals surface area contributed by atoms with Crippen LogP contribution in [0.25, 0.3) is 0 Å². The molecule has 0 aliphatic heterocycles. The monoisotopic (exact) mass is 324 g/mol. The van der Waals surface area contributed by atoms with Gasteiger partial charge in [-0.05, 0) is 43.7 Å². The number of carbonyl (C=O) groups excluding carboxylic acids is 1. The Morgan fingerprint density at radius 3 is 2.81 bits per heavy atom. The van der Waals surface area contributed by atoms with Crippen LogP contribution in [0, 0.1) is 0 Å². The number of halogens is 1. The summed E-state index contributed by atoms with van der Waals surface area (Å²) in [7, 11) is 0. The maximum atomic E-state index is 11.6. The number of esters is 1. The highest BCUT2D eigenvalue weighted by Gasteiger charge is 2.08. The fourth-order valence-corrected chi connectivity index (χ4v) is 2.96. The van der Waals surface area contributed by atoms with Crippen LogP contribution in [-0.4, -0.2) is 19.1 Å². The summed E-state index contributed by atoms with van der Waals surface area (Å²) in [6, 6.07) is 9.04. The van der Waals surface area contributed by atoms with E-state index in [-0.39, 0.29) is 5.97 Å². The van der Waals surface area contributed by atoms with E-state index in [0.717, 1.165) is 23.0 Å². The van der Waals surface area contributed by atoms with Crippen LogP contribution < -0.4 is 11.1 Å². The highest BCUT2D eigenvalue weighted by atomic mass is 35.5. The highest BCUT2D eigenvalue weighted by molar-refractivity contribution is 7.16. The molecule has 2 aromatic rings. The molecule has 112 valence electrons. The Bertz CT molecular complexity index is 628. The molecule has 1 heterocycles. The Labute approximate surface area is 132 Å². The smallest absolute Gasteiger partial charge is 0.338 e. The second-order valence-corrected chi connectivity index (χ2v) is 6.20. The first-order valence-electron chi connectivity index (χ1n) is 6.65. The molecule has 0 aliphatic rings. The van der Waals surface area contributed by atoms with Gasteiger partial charge in [-0.15, -0.1) is 11.3 Å². The van der Waals surface area contributed by atoms with Crippen LogP contribution in [0.4, 0.5) is 11.4 Å². The van der Waals surface area contributed by atoms with Crippen LogP contribution in [0.3, 0.4) is 0 Å². The lowest BCUT2D eigenvalue weighted by Gasteiger charge is -2.10. The van der Waals surface area contributed by atoms with Crippen LogP contribution in [0.15, 0.2) is 30.3 Å². The zero-order chi connectivity index (χ0) is 15.2. The van der Waals surface area contributed by atoms with E-state index < -0.39 is 0 Å². The van der Waals surface area contributed by atoms with Crippen molar-refractivity contribution >= 4 is 40.3 Å². The van der Waals surface area contributed by atoms with Gasteiger partial charge in [-0.25, -0.2) is 4.79 Å². The molecule has 0 amide bonds. The summed E-state index contributed by atoms with van der Waals surface area (Å²) in [6.45, 7) is 2.87. The maximum Gasteiger partial charge on any atom is 0.338 e. The van der Waals surface area contributed by atoms with Gasteiger partial charge in [-0.2, -0.15) is 0 Å². The first-order valence-corrected chi connectivity index (χ1v) is 7.84. The number of hydrogen-bond acceptors (Lipinski definition) is 5. The van der Waals surface area contributed by atoms with E-state index in [9.17, 15) is 4.79 Å². The van der Waals surface area contributed by atoms with Crippen LogP contribution in [0.1, 0.15) is 22.2 Å². The van der Waals surface area contributed by atoms with Gasteiger partial charge in [0.15, 0.2) is 0 Å². The average molecular weight is 325 g/mol. The third-order valence-electron chi connectivity index (χ3n) is 2.88. The number of anilines is 2. The van der Waals surface area contributed by atoms with Crippen molar-refractivity contribution in [2.24, 2.45) is 0 Å². The second kappa shape index (κ2) is 7.33. The molecule has 0 spiro atoms. The zero-order valence-corrected chi connectivity index (χ0v) is 13.3. The number of rotatable bonds is 6. The minimum atomic E-state index is -0.357. The van der Waals surface area contributed by atoms with Gasteiger partial charge in [-0.1, -0.05) is 11.6 Å². The summed E-state index contributed by atoms with van der Waals surface area (Å²) < 4.78 is 5.73. The Morgan fingerprint density at radius 2 is 2.19 bits per heavy atom. The van der Waals surface area contributed by atoms with Crippen LogP contribution in [0.2, 0.25) is 4.34 Å². The number of ether oxygens (including phenoxy) is 1. The van der Waals surface area contributed by atoms with E-state index in [1.54, 1.807) is 36.5 Å².